The lowest BCUT2D eigenvalue weighted by Gasteiger charge is -2.16. The summed E-state index contributed by atoms with van der Waals surface area (Å²) in [7, 11) is 2.04. The lowest BCUT2D eigenvalue weighted by Crippen LogP contribution is -2.28. The van der Waals surface area contributed by atoms with E-state index in [-0.39, 0.29) is 0 Å². The summed E-state index contributed by atoms with van der Waals surface area (Å²) in [5.74, 6) is 0. The number of pyridine rings is 1. The van der Waals surface area contributed by atoms with Crippen molar-refractivity contribution in [3.05, 3.63) is 65.5 Å². The molecule has 1 heterocycles. The maximum absolute atomic E-state index is 4.17. The third-order valence-corrected chi connectivity index (χ3v) is 3.48. The second-order valence-corrected chi connectivity index (χ2v) is 5.08. The third-order valence-electron chi connectivity index (χ3n) is 3.48. The molecule has 2 aromatic rings. The van der Waals surface area contributed by atoms with Crippen LogP contribution in [0.2, 0.25) is 0 Å². The van der Waals surface area contributed by atoms with Crippen molar-refractivity contribution in [2.75, 3.05) is 7.05 Å². The Bertz CT molecular complexity index is 494. The van der Waals surface area contributed by atoms with Crippen molar-refractivity contribution in [3.8, 4) is 0 Å². The van der Waals surface area contributed by atoms with Crippen molar-refractivity contribution < 1.29 is 0 Å². The Morgan fingerprint density at radius 3 is 2.68 bits per heavy atom. The lowest BCUT2D eigenvalue weighted by atomic mass is 9.99. The predicted molar refractivity (Wildman–Crippen MR) is 80.3 cm³/mol. The first-order chi connectivity index (χ1) is 9.28. The van der Waals surface area contributed by atoms with Crippen LogP contribution < -0.4 is 5.32 Å². The van der Waals surface area contributed by atoms with E-state index < -0.39 is 0 Å². The Hall–Kier alpha value is -1.67. The van der Waals surface area contributed by atoms with E-state index in [4.69, 9.17) is 0 Å². The molecule has 0 amide bonds. The quantitative estimate of drug-likeness (QED) is 0.856. The Balaban J connectivity index is 1.89. The van der Waals surface area contributed by atoms with Crippen LogP contribution in [-0.2, 0) is 12.8 Å². The molecule has 2 heteroatoms. The number of hydrogen-bond donors (Lipinski definition) is 1. The van der Waals surface area contributed by atoms with Crippen LogP contribution in [0.3, 0.4) is 0 Å². The molecule has 0 spiro atoms. The molecule has 0 aliphatic carbocycles. The predicted octanol–water partition coefficient (Wildman–Crippen LogP) is 3.15. The molecule has 1 aromatic heterocycles. The molecule has 2 nitrogen and oxygen atoms in total. The van der Waals surface area contributed by atoms with Gasteiger partial charge in [-0.25, -0.2) is 0 Å². The summed E-state index contributed by atoms with van der Waals surface area (Å²) < 4.78 is 0. The highest BCUT2D eigenvalue weighted by atomic mass is 14.9. The number of likely N-dealkylation sites (N-methyl/N-ethyl adjacent to an activating group) is 1. The van der Waals surface area contributed by atoms with Gasteiger partial charge in [0.15, 0.2) is 0 Å². The standard InChI is InChI=1S/C17H22N2/c1-14-5-3-6-15(11-14)8-9-17(18-2)12-16-7-4-10-19-13-16/h3-7,10-11,13,17-18H,8-9,12H2,1-2H3. The highest BCUT2D eigenvalue weighted by Crippen LogP contribution is 2.10. The van der Waals surface area contributed by atoms with Crippen molar-refractivity contribution >= 4 is 0 Å². The number of nitrogens with one attached hydrogen (secondary N) is 1. The number of aromatic nitrogens is 1. The number of hydrogen-bond acceptors (Lipinski definition) is 2. The molecule has 0 aliphatic heterocycles. The summed E-state index contributed by atoms with van der Waals surface area (Å²) in [6.45, 7) is 2.15. The Labute approximate surface area is 115 Å². The van der Waals surface area contributed by atoms with Crippen LogP contribution in [0, 0.1) is 6.92 Å². The van der Waals surface area contributed by atoms with E-state index in [1.54, 1.807) is 0 Å². The van der Waals surface area contributed by atoms with Gasteiger partial charge in [-0.1, -0.05) is 35.9 Å². The van der Waals surface area contributed by atoms with E-state index in [0.717, 1.165) is 19.3 Å². The van der Waals surface area contributed by atoms with Gasteiger partial charge >= 0.3 is 0 Å². The molecule has 0 radical (unpaired) electrons. The average molecular weight is 254 g/mol. The molecule has 1 atom stereocenters. The Morgan fingerprint density at radius 2 is 2.00 bits per heavy atom. The number of nitrogens with zero attached hydrogens (tertiary/aromatic N) is 1. The minimum atomic E-state index is 0.504. The largest absolute Gasteiger partial charge is 0.317 e. The number of benzene rings is 1. The van der Waals surface area contributed by atoms with E-state index in [1.807, 2.05) is 25.5 Å². The molecule has 0 aliphatic rings. The van der Waals surface area contributed by atoms with Crippen molar-refractivity contribution in [3.63, 3.8) is 0 Å². The van der Waals surface area contributed by atoms with Crippen LogP contribution in [0.25, 0.3) is 0 Å². The summed E-state index contributed by atoms with van der Waals surface area (Å²) in [5, 5.41) is 3.41. The molecule has 0 saturated heterocycles. The van der Waals surface area contributed by atoms with Crippen molar-refractivity contribution in [2.24, 2.45) is 0 Å². The van der Waals surface area contributed by atoms with Gasteiger partial charge in [-0.2, -0.15) is 0 Å². The average Bonchev–Trinajstić information content (AvgIpc) is 2.44. The van der Waals surface area contributed by atoms with Crippen LogP contribution in [0.15, 0.2) is 48.8 Å². The summed E-state index contributed by atoms with van der Waals surface area (Å²) in [6.07, 6.45) is 7.08. The van der Waals surface area contributed by atoms with Crippen LogP contribution in [0.4, 0.5) is 0 Å². The summed E-state index contributed by atoms with van der Waals surface area (Å²) in [6, 6.07) is 13.4. The van der Waals surface area contributed by atoms with Gasteiger partial charge in [-0.05, 0) is 50.4 Å². The van der Waals surface area contributed by atoms with Crippen molar-refractivity contribution in [2.45, 2.75) is 32.2 Å². The van der Waals surface area contributed by atoms with Gasteiger partial charge in [0.2, 0.25) is 0 Å². The first-order valence-corrected chi connectivity index (χ1v) is 6.89. The first-order valence-electron chi connectivity index (χ1n) is 6.89. The second-order valence-electron chi connectivity index (χ2n) is 5.08. The van der Waals surface area contributed by atoms with E-state index in [1.165, 1.54) is 16.7 Å². The van der Waals surface area contributed by atoms with Crippen molar-refractivity contribution in [1.29, 1.82) is 0 Å². The van der Waals surface area contributed by atoms with Crippen molar-refractivity contribution in [1.82, 2.24) is 10.3 Å². The van der Waals surface area contributed by atoms with Crippen LogP contribution in [0.1, 0.15) is 23.1 Å². The van der Waals surface area contributed by atoms with E-state index in [0.29, 0.717) is 6.04 Å². The van der Waals surface area contributed by atoms with Gasteiger partial charge in [-0.15, -0.1) is 0 Å². The van der Waals surface area contributed by atoms with E-state index in [2.05, 4.69) is 47.6 Å². The zero-order chi connectivity index (χ0) is 13.5. The van der Waals surface area contributed by atoms with E-state index in [9.17, 15) is 0 Å². The maximum atomic E-state index is 4.17. The highest BCUT2D eigenvalue weighted by molar-refractivity contribution is 5.22. The fraction of sp³-hybridized carbons (Fsp3) is 0.353. The molecule has 1 aromatic carbocycles. The minimum Gasteiger partial charge on any atom is -0.317 e. The van der Waals surface area contributed by atoms with E-state index >= 15 is 0 Å². The molecule has 0 bridgehead atoms. The highest BCUT2D eigenvalue weighted by Gasteiger charge is 2.07. The molecule has 1 N–H and O–H groups in total. The molecule has 100 valence electrons. The zero-order valence-corrected chi connectivity index (χ0v) is 11.8. The fourth-order valence-electron chi connectivity index (χ4n) is 2.36. The second kappa shape index (κ2) is 7.05. The number of rotatable bonds is 6. The van der Waals surface area contributed by atoms with Gasteiger partial charge < -0.3 is 5.32 Å². The lowest BCUT2D eigenvalue weighted by molar-refractivity contribution is 0.519. The molecule has 0 fully saturated rings. The van der Waals surface area contributed by atoms with Crippen LogP contribution in [-0.4, -0.2) is 18.1 Å². The molecule has 0 saturated carbocycles. The monoisotopic (exact) mass is 254 g/mol. The Morgan fingerprint density at radius 1 is 1.16 bits per heavy atom. The molecule has 2 rings (SSSR count). The van der Waals surface area contributed by atoms with Gasteiger partial charge in [0.25, 0.3) is 0 Å². The maximum Gasteiger partial charge on any atom is 0.0300 e. The third kappa shape index (κ3) is 4.49. The Kier molecular flexibility index (Phi) is 5.10. The molecule has 19 heavy (non-hydrogen) atoms. The fourth-order valence-corrected chi connectivity index (χ4v) is 2.36. The minimum absolute atomic E-state index is 0.504. The summed E-state index contributed by atoms with van der Waals surface area (Å²) >= 11 is 0. The number of aryl methyl sites for hydroxylation is 2. The van der Waals surface area contributed by atoms with Crippen LogP contribution in [0.5, 0.6) is 0 Å². The van der Waals surface area contributed by atoms with Crippen LogP contribution >= 0.6 is 0 Å². The van der Waals surface area contributed by atoms with Gasteiger partial charge in [0, 0.05) is 18.4 Å². The van der Waals surface area contributed by atoms with Gasteiger partial charge in [0.05, 0.1) is 0 Å². The first kappa shape index (κ1) is 13.8. The summed E-state index contributed by atoms with van der Waals surface area (Å²) in [5.41, 5.74) is 4.06. The molecule has 1 unspecified atom stereocenters. The topological polar surface area (TPSA) is 24.9 Å². The SMILES string of the molecule is CNC(CCc1cccc(C)c1)Cc1cccnc1. The molecular weight excluding hydrogens is 232 g/mol. The van der Waals surface area contributed by atoms with Gasteiger partial charge in [0.1, 0.15) is 0 Å². The normalized spacial score (nSPS) is 12.3. The molecular formula is C17H22N2. The van der Waals surface area contributed by atoms with Gasteiger partial charge in [-0.3, -0.25) is 4.98 Å². The zero-order valence-electron chi connectivity index (χ0n) is 11.8. The smallest absolute Gasteiger partial charge is 0.0300 e. The summed E-state index contributed by atoms with van der Waals surface area (Å²) in [4.78, 5) is 4.17.